The molecule has 0 radical (unpaired) electrons. The molecule has 5 rings (SSSR count). The largest absolute Gasteiger partial charge is 0.505 e. The molecule has 9 heteroatoms. The number of aliphatic hydroxyl groups excluding tert-OH is 1. The Hall–Kier alpha value is -4.40. The molecule has 1 aromatic carbocycles. The van der Waals surface area contributed by atoms with Crippen molar-refractivity contribution in [1.29, 1.82) is 0 Å². The van der Waals surface area contributed by atoms with Crippen molar-refractivity contribution in [3.8, 4) is 5.75 Å². The molecule has 1 amide bonds. The highest BCUT2D eigenvalue weighted by molar-refractivity contribution is 6.46. The van der Waals surface area contributed by atoms with Crippen molar-refractivity contribution in [3.05, 3.63) is 89.9 Å². The fourth-order valence-electron chi connectivity index (χ4n) is 4.74. The van der Waals surface area contributed by atoms with E-state index in [0.717, 1.165) is 0 Å². The van der Waals surface area contributed by atoms with Crippen LogP contribution in [0.15, 0.2) is 73.0 Å². The van der Waals surface area contributed by atoms with Gasteiger partial charge in [0.2, 0.25) is 0 Å². The zero-order valence-electron chi connectivity index (χ0n) is 20.2. The van der Waals surface area contributed by atoms with Crippen LogP contribution in [0.25, 0.3) is 11.4 Å². The van der Waals surface area contributed by atoms with Crippen LogP contribution >= 0.6 is 0 Å². The lowest BCUT2D eigenvalue weighted by molar-refractivity contribution is -0.139. The number of amides is 1. The zero-order chi connectivity index (χ0) is 25.2. The van der Waals surface area contributed by atoms with Gasteiger partial charge < -0.3 is 19.3 Å². The fourth-order valence-corrected chi connectivity index (χ4v) is 4.74. The van der Waals surface area contributed by atoms with Crippen LogP contribution in [0.1, 0.15) is 36.3 Å². The Labute approximate surface area is 208 Å². The fraction of sp³-hybridized carbons (Fsp3) is 0.259. The monoisotopic (exact) mass is 485 g/mol. The summed E-state index contributed by atoms with van der Waals surface area (Å²) in [7, 11) is 0. The second kappa shape index (κ2) is 9.69. The summed E-state index contributed by atoms with van der Waals surface area (Å²) in [4.78, 5) is 36.7. The molecule has 0 saturated carbocycles. The first kappa shape index (κ1) is 23.3. The van der Waals surface area contributed by atoms with E-state index >= 15 is 0 Å². The number of carbonyl (C=O) groups is 2. The van der Waals surface area contributed by atoms with E-state index in [9.17, 15) is 14.7 Å². The minimum absolute atomic E-state index is 0.0561. The Morgan fingerprint density at radius 1 is 1.08 bits per heavy atom. The van der Waals surface area contributed by atoms with Crippen molar-refractivity contribution in [2.75, 3.05) is 13.2 Å². The van der Waals surface area contributed by atoms with Gasteiger partial charge in [-0.1, -0.05) is 18.2 Å². The van der Waals surface area contributed by atoms with Gasteiger partial charge in [-0.05, 0) is 50.1 Å². The number of aromatic nitrogens is 4. The van der Waals surface area contributed by atoms with Crippen LogP contribution < -0.4 is 4.74 Å². The van der Waals surface area contributed by atoms with Crippen LogP contribution in [0.4, 0.5) is 0 Å². The van der Waals surface area contributed by atoms with Crippen molar-refractivity contribution in [2.24, 2.45) is 0 Å². The van der Waals surface area contributed by atoms with E-state index in [-0.39, 0.29) is 11.3 Å². The van der Waals surface area contributed by atoms with Crippen LogP contribution in [0, 0.1) is 6.92 Å². The molecule has 4 aromatic rings. The smallest absolute Gasteiger partial charge is 0.295 e. The number of hydrogen-bond donors (Lipinski definition) is 1. The summed E-state index contributed by atoms with van der Waals surface area (Å²) in [5.41, 5.74) is 2.38. The molecule has 0 spiro atoms. The van der Waals surface area contributed by atoms with E-state index in [1.165, 1.54) is 0 Å². The Morgan fingerprint density at radius 2 is 1.89 bits per heavy atom. The van der Waals surface area contributed by atoms with Crippen LogP contribution in [0.5, 0.6) is 5.75 Å². The average molecular weight is 486 g/mol. The van der Waals surface area contributed by atoms with Gasteiger partial charge in [-0.15, -0.1) is 0 Å². The van der Waals surface area contributed by atoms with Crippen molar-refractivity contribution in [3.63, 3.8) is 0 Å². The lowest BCUT2D eigenvalue weighted by Crippen LogP contribution is -2.31. The molecule has 36 heavy (non-hydrogen) atoms. The Balaban J connectivity index is 1.59. The molecule has 1 fully saturated rings. The van der Waals surface area contributed by atoms with Crippen molar-refractivity contribution < 1.29 is 19.4 Å². The summed E-state index contributed by atoms with van der Waals surface area (Å²) in [6.07, 6.45) is 7.66. The summed E-state index contributed by atoms with van der Waals surface area (Å²) < 4.78 is 9.22. The number of ketones is 1. The van der Waals surface area contributed by atoms with Gasteiger partial charge in [0.25, 0.3) is 11.7 Å². The Bertz CT molecular complexity index is 1440. The quantitative estimate of drug-likeness (QED) is 0.232. The maximum atomic E-state index is 13.4. The van der Waals surface area contributed by atoms with E-state index in [0.29, 0.717) is 54.5 Å². The van der Waals surface area contributed by atoms with Gasteiger partial charge >= 0.3 is 0 Å². The van der Waals surface area contributed by atoms with Crippen molar-refractivity contribution in [1.82, 2.24) is 23.8 Å². The number of ether oxygens (including phenoxy) is 1. The van der Waals surface area contributed by atoms with Gasteiger partial charge in [-0.25, -0.2) is 9.97 Å². The number of carbonyl (C=O) groups excluding carboxylic acids is 2. The number of likely N-dealkylation sites (tertiary alicyclic amines) is 1. The van der Waals surface area contributed by atoms with Gasteiger partial charge in [-0.3, -0.25) is 14.0 Å². The van der Waals surface area contributed by atoms with Gasteiger partial charge in [0.05, 0.1) is 30.2 Å². The van der Waals surface area contributed by atoms with Gasteiger partial charge in [0.15, 0.2) is 5.76 Å². The zero-order valence-corrected chi connectivity index (χ0v) is 20.2. The normalized spacial score (nSPS) is 17.3. The maximum absolute atomic E-state index is 13.4. The first-order chi connectivity index (χ1) is 17.5. The number of Topliss-reactive ketones (excluding diaryl/α,β-unsaturated/α-hetero) is 1. The number of rotatable bonds is 8. The third-order valence-electron chi connectivity index (χ3n) is 6.35. The lowest BCUT2D eigenvalue weighted by atomic mass is 9.96. The molecule has 0 aliphatic carbocycles. The summed E-state index contributed by atoms with van der Waals surface area (Å²) >= 11 is 0. The third kappa shape index (κ3) is 4.13. The number of benzene rings is 1. The minimum atomic E-state index is -0.739. The standard InChI is InChI=1S/C27H27N5O4/c1-3-36-20-10-8-19(9-11-20)24-22(25(33)23-18(2)29-21-7-4-5-14-31(21)23)26(34)27(35)32(24)15-6-13-30-16-12-28-17-30/h4-5,7-12,14,16-17,24,33H,3,6,13,15H2,1-2H3. The Kier molecular flexibility index (Phi) is 6.28. The van der Waals surface area contributed by atoms with Crippen LogP contribution in [-0.4, -0.2) is 53.8 Å². The molecule has 4 heterocycles. The molecule has 1 unspecified atom stereocenters. The van der Waals surface area contributed by atoms with Crippen LogP contribution in [-0.2, 0) is 16.1 Å². The minimum Gasteiger partial charge on any atom is -0.505 e. The second-order valence-electron chi connectivity index (χ2n) is 8.62. The van der Waals surface area contributed by atoms with Gasteiger partial charge in [0, 0.05) is 31.7 Å². The number of fused-ring (bicyclic) bond motifs is 1. The third-order valence-corrected chi connectivity index (χ3v) is 6.35. The van der Waals surface area contributed by atoms with Gasteiger partial charge in [0.1, 0.15) is 17.1 Å². The van der Waals surface area contributed by atoms with Gasteiger partial charge in [-0.2, -0.15) is 0 Å². The molecule has 184 valence electrons. The van der Waals surface area contributed by atoms with E-state index in [4.69, 9.17) is 4.74 Å². The summed E-state index contributed by atoms with van der Waals surface area (Å²) in [5.74, 6) is -0.886. The molecule has 0 bridgehead atoms. The highest BCUT2D eigenvalue weighted by Gasteiger charge is 2.46. The summed E-state index contributed by atoms with van der Waals surface area (Å²) in [6, 6.07) is 12.0. The second-order valence-corrected chi connectivity index (χ2v) is 8.62. The topological polar surface area (TPSA) is 102 Å². The number of aryl methyl sites for hydroxylation is 2. The summed E-state index contributed by atoms with van der Waals surface area (Å²) in [6.45, 7) is 5.19. The molecular weight excluding hydrogens is 458 g/mol. The average Bonchev–Trinajstić information content (AvgIpc) is 3.57. The lowest BCUT2D eigenvalue weighted by Gasteiger charge is -2.25. The molecule has 1 N–H and O–H groups in total. The first-order valence-corrected chi connectivity index (χ1v) is 11.9. The number of aliphatic hydroxyl groups is 1. The molecule has 3 aromatic heterocycles. The Morgan fingerprint density at radius 3 is 2.61 bits per heavy atom. The predicted octanol–water partition coefficient (Wildman–Crippen LogP) is 3.75. The predicted molar refractivity (Wildman–Crippen MR) is 133 cm³/mol. The number of pyridine rings is 1. The van der Waals surface area contributed by atoms with Crippen molar-refractivity contribution in [2.45, 2.75) is 32.9 Å². The SMILES string of the molecule is CCOc1ccc(C2C(=C(O)c3c(C)nc4ccccn34)C(=O)C(=O)N2CCCn2ccnc2)cc1. The van der Waals surface area contributed by atoms with Crippen molar-refractivity contribution >= 4 is 23.1 Å². The maximum Gasteiger partial charge on any atom is 0.295 e. The number of nitrogens with zero attached hydrogens (tertiary/aromatic N) is 5. The van der Waals surface area contributed by atoms with Crippen LogP contribution in [0.3, 0.4) is 0 Å². The molecule has 9 nitrogen and oxygen atoms in total. The van der Waals surface area contributed by atoms with E-state index in [1.54, 1.807) is 34.9 Å². The summed E-state index contributed by atoms with van der Waals surface area (Å²) in [5, 5.41) is 11.5. The first-order valence-electron chi connectivity index (χ1n) is 11.9. The molecule has 1 atom stereocenters. The molecule has 1 saturated heterocycles. The van der Waals surface area contributed by atoms with Crippen LogP contribution in [0.2, 0.25) is 0 Å². The highest BCUT2D eigenvalue weighted by atomic mass is 16.5. The molecule has 1 aliphatic heterocycles. The highest BCUT2D eigenvalue weighted by Crippen LogP contribution is 2.40. The van der Waals surface area contributed by atoms with E-state index < -0.39 is 17.7 Å². The number of imidazole rings is 2. The van der Waals surface area contributed by atoms with E-state index in [2.05, 4.69) is 9.97 Å². The molecular formula is C27H27N5O4. The molecule has 1 aliphatic rings. The van der Waals surface area contributed by atoms with E-state index in [1.807, 2.05) is 60.2 Å². The number of hydrogen-bond acceptors (Lipinski definition) is 6.